The zero-order valence-electron chi connectivity index (χ0n) is 48.6. The third-order valence-corrected chi connectivity index (χ3v) is 14.4. The molecule has 0 fully saturated rings. The number of nitrogens with zero attached hydrogens (tertiary/aromatic N) is 1. The summed E-state index contributed by atoms with van der Waals surface area (Å²) in [5.74, 6) is -0.521. The van der Waals surface area contributed by atoms with Crippen LogP contribution in [0.5, 0.6) is 0 Å². The Bertz CT molecular complexity index is 1440. The minimum Gasteiger partial charge on any atom is -0.456 e. The Morgan fingerprint density at radius 2 is 0.836 bits per heavy atom. The first-order valence-corrected chi connectivity index (χ1v) is 32.1. The van der Waals surface area contributed by atoms with Crippen LogP contribution in [-0.4, -0.2) is 74.3 Å². The van der Waals surface area contributed by atoms with Crippen molar-refractivity contribution in [1.29, 1.82) is 0 Å². The standard InChI is InChI=1S/C63H117N2O7P/c1-7-10-13-16-19-22-25-27-29-31-32-34-35-37-40-43-46-49-52-55-62(66)64-60(59-71-73(68,69)70-58-57-65(4,5)6)61(54-51-48-45-42-39-24-21-18-15-12-9-3)72-63(67)56-53-50-47-44-41-38-36-33-30-28-26-23-20-17-14-11-8-2/h19,22,27-30,32,34,51,54,60-61H,7-18,20-21,23-26,31,33,35-50,52-53,55-59H2,1-6H3,(H-,64,66,68,69)/p+1/b22-19-,29-27-,30-28+,34-32-,54-51+. The van der Waals surface area contributed by atoms with Crippen LogP contribution in [0.3, 0.4) is 0 Å². The van der Waals surface area contributed by atoms with Crippen LogP contribution in [0.2, 0.25) is 0 Å². The number of hydrogen-bond acceptors (Lipinski definition) is 6. The summed E-state index contributed by atoms with van der Waals surface area (Å²) in [4.78, 5) is 37.7. The van der Waals surface area contributed by atoms with E-state index in [1.165, 1.54) is 148 Å². The highest BCUT2D eigenvalue weighted by atomic mass is 31.2. The quantitative estimate of drug-likeness (QED) is 0.0205. The number of carbonyl (C=O) groups excluding carboxylic acids is 2. The molecule has 0 spiro atoms. The van der Waals surface area contributed by atoms with Gasteiger partial charge in [-0.25, -0.2) is 4.57 Å². The third-order valence-electron chi connectivity index (χ3n) is 13.4. The SMILES string of the molecule is CCCCC/C=C\C/C=C\C/C=C\CCCCCCCCC(=O)NC(COP(=O)(O)OCC[N+](C)(C)C)C(/C=C/CCCCCCCCCCC)OC(=O)CCCCCCCCC/C=C/CCCCCCCC. The van der Waals surface area contributed by atoms with Crippen LogP contribution in [-0.2, 0) is 27.9 Å². The fourth-order valence-corrected chi connectivity index (χ4v) is 9.38. The van der Waals surface area contributed by atoms with E-state index in [9.17, 15) is 19.0 Å². The molecule has 73 heavy (non-hydrogen) atoms. The van der Waals surface area contributed by atoms with E-state index in [2.05, 4.69) is 74.7 Å². The molecule has 0 bridgehead atoms. The zero-order valence-corrected chi connectivity index (χ0v) is 49.5. The Hall–Kier alpha value is -2.29. The van der Waals surface area contributed by atoms with Crippen LogP contribution in [0.1, 0.15) is 278 Å². The van der Waals surface area contributed by atoms with Crippen molar-refractivity contribution in [1.82, 2.24) is 5.32 Å². The predicted molar refractivity (Wildman–Crippen MR) is 314 cm³/mol. The molecular formula is C63H118N2O7P+. The predicted octanol–water partition coefficient (Wildman–Crippen LogP) is 18.7. The van der Waals surface area contributed by atoms with Crippen molar-refractivity contribution < 1.29 is 37.3 Å². The average molecular weight is 1050 g/mol. The number of phosphoric ester groups is 1. The Labute approximate surface area is 451 Å². The van der Waals surface area contributed by atoms with Crippen LogP contribution >= 0.6 is 7.82 Å². The second-order valence-electron chi connectivity index (χ2n) is 21.9. The first-order chi connectivity index (χ1) is 35.4. The van der Waals surface area contributed by atoms with Crippen molar-refractivity contribution in [2.24, 2.45) is 0 Å². The summed E-state index contributed by atoms with van der Waals surface area (Å²) >= 11 is 0. The molecule has 3 atom stereocenters. The molecule has 0 aliphatic carbocycles. The summed E-state index contributed by atoms with van der Waals surface area (Å²) in [5, 5.41) is 3.05. The van der Waals surface area contributed by atoms with Gasteiger partial charge in [-0.1, -0.05) is 230 Å². The molecular weight excluding hydrogens is 928 g/mol. The van der Waals surface area contributed by atoms with Gasteiger partial charge < -0.3 is 19.4 Å². The molecule has 0 rings (SSSR count). The lowest BCUT2D eigenvalue weighted by atomic mass is 10.1. The molecule has 0 aliphatic rings. The highest BCUT2D eigenvalue weighted by Gasteiger charge is 2.30. The Balaban J connectivity index is 5.27. The average Bonchev–Trinajstić information content (AvgIpc) is 3.35. The molecule has 0 saturated carbocycles. The van der Waals surface area contributed by atoms with Crippen LogP contribution in [0.15, 0.2) is 60.8 Å². The number of unbranched alkanes of at least 4 members (excludes halogenated alkanes) is 31. The largest absolute Gasteiger partial charge is 0.472 e. The summed E-state index contributed by atoms with van der Waals surface area (Å²) in [5.41, 5.74) is 0. The summed E-state index contributed by atoms with van der Waals surface area (Å²) in [6.45, 7) is 6.97. The fourth-order valence-electron chi connectivity index (χ4n) is 8.65. The highest BCUT2D eigenvalue weighted by molar-refractivity contribution is 7.47. The summed E-state index contributed by atoms with van der Waals surface area (Å²) in [6.07, 6.45) is 66.4. The van der Waals surface area contributed by atoms with Gasteiger partial charge in [-0.15, -0.1) is 0 Å². The first kappa shape index (κ1) is 70.7. The van der Waals surface area contributed by atoms with Gasteiger partial charge in [0.15, 0.2) is 0 Å². The molecule has 3 unspecified atom stereocenters. The molecule has 9 nitrogen and oxygen atoms in total. The smallest absolute Gasteiger partial charge is 0.456 e. The number of likely N-dealkylation sites (N-methyl/N-ethyl adjacent to an activating group) is 1. The summed E-state index contributed by atoms with van der Waals surface area (Å²) in [6, 6.07) is -0.857. The van der Waals surface area contributed by atoms with Crippen molar-refractivity contribution in [3.8, 4) is 0 Å². The molecule has 10 heteroatoms. The number of amides is 1. The Kier molecular flexibility index (Phi) is 51.5. The van der Waals surface area contributed by atoms with E-state index in [0.29, 0.717) is 17.4 Å². The van der Waals surface area contributed by atoms with Crippen LogP contribution in [0.25, 0.3) is 0 Å². The number of esters is 1. The van der Waals surface area contributed by atoms with Gasteiger partial charge in [0.1, 0.15) is 19.3 Å². The molecule has 0 aliphatic heterocycles. The van der Waals surface area contributed by atoms with E-state index in [0.717, 1.165) is 96.3 Å². The van der Waals surface area contributed by atoms with Gasteiger partial charge >= 0.3 is 13.8 Å². The van der Waals surface area contributed by atoms with Crippen LogP contribution < -0.4 is 5.32 Å². The molecule has 0 aromatic carbocycles. The molecule has 0 saturated heterocycles. The van der Waals surface area contributed by atoms with E-state index in [4.69, 9.17) is 13.8 Å². The Morgan fingerprint density at radius 3 is 1.29 bits per heavy atom. The number of phosphoric acid groups is 1. The number of rotatable bonds is 55. The molecule has 426 valence electrons. The van der Waals surface area contributed by atoms with Gasteiger partial charge in [-0.3, -0.25) is 18.6 Å². The molecule has 0 radical (unpaired) electrons. The van der Waals surface area contributed by atoms with Crippen LogP contribution in [0.4, 0.5) is 0 Å². The van der Waals surface area contributed by atoms with Crippen LogP contribution in [0, 0.1) is 0 Å². The first-order valence-electron chi connectivity index (χ1n) is 30.6. The van der Waals surface area contributed by atoms with Crippen molar-refractivity contribution in [3.63, 3.8) is 0 Å². The minimum atomic E-state index is -4.45. The summed E-state index contributed by atoms with van der Waals surface area (Å²) in [7, 11) is 1.48. The van der Waals surface area contributed by atoms with E-state index in [1.807, 2.05) is 33.3 Å². The number of allylic oxidation sites excluding steroid dienone is 9. The van der Waals surface area contributed by atoms with Crippen molar-refractivity contribution >= 4 is 19.7 Å². The molecule has 2 N–H and O–H groups in total. The third kappa shape index (κ3) is 54.3. The van der Waals surface area contributed by atoms with Crippen molar-refractivity contribution in [2.45, 2.75) is 290 Å². The molecule has 0 heterocycles. The summed E-state index contributed by atoms with van der Waals surface area (Å²) < 4.78 is 30.7. The second kappa shape index (κ2) is 53.1. The Morgan fingerprint density at radius 1 is 0.479 bits per heavy atom. The second-order valence-corrected chi connectivity index (χ2v) is 23.3. The minimum absolute atomic E-state index is 0.0356. The molecule has 0 aromatic heterocycles. The monoisotopic (exact) mass is 1050 g/mol. The number of nitrogens with one attached hydrogen (secondary N) is 1. The number of quaternary nitrogens is 1. The zero-order chi connectivity index (χ0) is 53.6. The van der Waals surface area contributed by atoms with Gasteiger partial charge in [-0.05, 0) is 96.0 Å². The van der Waals surface area contributed by atoms with E-state index in [1.54, 1.807) is 0 Å². The lowest BCUT2D eigenvalue weighted by Gasteiger charge is -2.27. The molecule has 0 aromatic rings. The van der Waals surface area contributed by atoms with E-state index >= 15 is 0 Å². The van der Waals surface area contributed by atoms with Gasteiger partial charge in [0, 0.05) is 12.8 Å². The van der Waals surface area contributed by atoms with Crippen molar-refractivity contribution in [2.75, 3.05) is 40.9 Å². The number of carbonyl (C=O) groups is 2. The maximum absolute atomic E-state index is 13.5. The maximum Gasteiger partial charge on any atom is 0.472 e. The van der Waals surface area contributed by atoms with E-state index < -0.39 is 20.0 Å². The van der Waals surface area contributed by atoms with Gasteiger partial charge in [-0.2, -0.15) is 0 Å². The lowest BCUT2D eigenvalue weighted by molar-refractivity contribution is -0.870. The molecule has 1 amide bonds. The normalized spacial score (nSPS) is 14.1. The number of ether oxygens (including phenoxy) is 1. The fraction of sp³-hybridized carbons (Fsp3) is 0.810. The lowest BCUT2D eigenvalue weighted by Crippen LogP contribution is -2.47. The van der Waals surface area contributed by atoms with Crippen molar-refractivity contribution in [3.05, 3.63) is 60.8 Å². The van der Waals surface area contributed by atoms with E-state index in [-0.39, 0.29) is 31.5 Å². The van der Waals surface area contributed by atoms with Gasteiger partial charge in [0.25, 0.3) is 0 Å². The number of hydrogen-bond donors (Lipinski definition) is 2. The highest BCUT2D eigenvalue weighted by Crippen LogP contribution is 2.43. The van der Waals surface area contributed by atoms with Gasteiger partial charge in [0.2, 0.25) is 5.91 Å². The topological polar surface area (TPSA) is 111 Å². The maximum atomic E-state index is 13.5. The van der Waals surface area contributed by atoms with Gasteiger partial charge in [0.05, 0.1) is 33.8 Å².